The molecule has 0 saturated carbocycles. The molecule has 4 rings (SSSR count). The van der Waals surface area contributed by atoms with E-state index >= 15 is 0 Å². The second-order valence-electron chi connectivity index (χ2n) is 19.6. The fourth-order valence-electron chi connectivity index (χ4n) is 6.62. The van der Waals surface area contributed by atoms with Crippen molar-refractivity contribution in [1.29, 1.82) is 0 Å². The molecular formula is C46H69Cl6F3N10O13SSi. The number of nitrogens with two attached hydrogens (primary N) is 1. The van der Waals surface area contributed by atoms with Crippen molar-refractivity contribution in [2.24, 2.45) is 5.73 Å². The van der Waals surface area contributed by atoms with Crippen molar-refractivity contribution in [1.82, 2.24) is 46.8 Å². The summed E-state index contributed by atoms with van der Waals surface area (Å²) in [6.45, 7) is 12.1. The Kier molecular flexibility index (Phi) is 30.2. The van der Waals surface area contributed by atoms with Crippen LogP contribution >= 0.6 is 69.6 Å². The molecule has 6 atom stereocenters. The predicted octanol–water partition coefficient (Wildman–Crippen LogP) is 5.62. The van der Waals surface area contributed by atoms with E-state index in [2.05, 4.69) is 40.6 Å². The molecule has 23 nitrogen and oxygen atoms in total. The van der Waals surface area contributed by atoms with Crippen LogP contribution in [0, 0.1) is 0 Å². The van der Waals surface area contributed by atoms with Crippen LogP contribution < -0.4 is 32.5 Å². The first kappa shape index (κ1) is 73.9. The molecule has 454 valence electrons. The zero-order chi connectivity index (χ0) is 60.3. The SMILES string of the molecule is C.C[C@H](NC(=O)[C@@H](N)Cc1cccnc1)C(=O)N1CCC[C@@H](C(=O)OCC(Cl)(Cl)Cl)N1.C[C@H](NC(=O)[C@H](Cc1cccnc1)NC(=O)OC(C)(C)C)C(=O)N1CCC[C@@H](C(=O)OCC(Cl)(Cl)Cl)N1.C[Si](C)(C)OS(=O)(=O)C(F)(F)F. The highest BCUT2D eigenvalue weighted by Crippen LogP contribution is 2.29. The maximum Gasteiger partial charge on any atom is 0.522 e. The van der Waals surface area contributed by atoms with E-state index in [0.29, 0.717) is 50.8 Å². The van der Waals surface area contributed by atoms with Crippen LogP contribution in [0.4, 0.5) is 18.0 Å². The lowest BCUT2D eigenvalue weighted by atomic mass is 10.1. The molecule has 0 spiro atoms. The minimum atomic E-state index is -5.39. The molecule has 2 fully saturated rings. The van der Waals surface area contributed by atoms with E-state index in [1.807, 2.05) is 6.07 Å². The molecule has 0 bridgehead atoms. The highest BCUT2D eigenvalue weighted by molar-refractivity contribution is 7.88. The Morgan fingerprint density at radius 1 is 0.738 bits per heavy atom. The van der Waals surface area contributed by atoms with Crippen molar-refractivity contribution in [3.8, 4) is 0 Å². The Hall–Kier alpha value is -4.07. The minimum absolute atomic E-state index is 0. The molecule has 0 aliphatic carbocycles. The van der Waals surface area contributed by atoms with Gasteiger partial charge in [-0.1, -0.05) is 89.2 Å². The normalized spacial score (nSPS) is 17.6. The van der Waals surface area contributed by atoms with Gasteiger partial charge in [-0.3, -0.25) is 48.8 Å². The summed E-state index contributed by atoms with van der Waals surface area (Å²) < 4.78 is 71.5. The Labute approximate surface area is 494 Å². The van der Waals surface area contributed by atoms with Crippen LogP contribution in [0.2, 0.25) is 19.6 Å². The van der Waals surface area contributed by atoms with Crippen LogP contribution in [0.15, 0.2) is 49.1 Å². The monoisotopic (exact) mass is 1300 g/mol. The van der Waals surface area contributed by atoms with Gasteiger partial charge in [0.25, 0.3) is 11.8 Å². The molecule has 2 aromatic heterocycles. The average Bonchev–Trinajstić information content (AvgIpc) is 3.33. The second kappa shape index (κ2) is 32.7. The van der Waals surface area contributed by atoms with Crippen LogP contribution in [0.25, 0.3) is 0 Å². The Morgan fingerprint density at radius 2 is 1.15 bits per heavy atom. The summed E-state index contributed by atoms with van der Waals surface area (Å²) in [5.41, 5.74) is 6.97. The number of rotatable bonds is 17. The van der Waals surface area contributed by atoms with Crippen LogP contribution in [-0.2, 0) is 69.8 Å². The Balaban J connectivity index is 0.000000666. The summed E-state index contributed by atoms with van der Waals surface area (Å²) in [4.78, 5) is 95.9. The number of pyridine rings is 2. The third kappa shape index (κ3) is 29.3. The topological polar surface area (TPSA) is 309 Å². The molecule has 0 radical (unpaired) electrons. The molecule has 2 aliphatic heterocycles. The maximum absolute atomic E-state index is 13.1. The van der Waals surface area contributed by atoms with E-state index < -0.39 is 128 Å². The van der Waals surface area contributed by atoms with Crippen molar-refractivity contribution in [2.75, 3.05) is 26.3 Å². The average molecular weight is 1300 g/mol. The van der Waals surface area contributed by atoms with Gasteiger partial charge in [-0.15, -0.1) is 0 Å². The first-order valence-electron chi connectivity index (χ1n) is 23.9. The summed E-state index contributed by atoms with van der Waals surface area (Å²) in [5, 5.41) is 10.3. The van der Waals surface area contributed by atoms with E-state index in [-0.39, 0.29) is 13.8 Å². The molecular weight excluding hydrogens is 1230 g/mol. The number of ether oxygens (including phenoxy) is 3. The molecule has 7 N–H and O–H groups in total. The molecule has 80 heavy (non-hydrogen) atoms. The highest BCUT2D eigenvalue weighted by Gasteiger charge is 2.49. The number of carbonyl (C=O) groups excluding carboxylic acids is 7. The molecule has 2 aliphatic rings. The summed E-state index contributed by atoms with van der Waals surface area (Å²) in [5.74, 6) is -3.24. The van der Waals surface area contributed by atoms with Crippen molar-refractivity contribution in [2.45, 2.75) is 155 Å². The number of hydrazine groups is 2. The molecule has 2 saturated heterocycles. The number of alkyl halides is 9. The van der Waals surface area contributed by atoms with Crippen molar-refractivity contribution in [3.05, 3.63) is 60.2 Å². The van der Waals surface area contributed by atoms with Gasteiger partial charge in [0, 0.05) is 44.3 Å². The van der Waals surface area contributed by atoms with E-state index in [4.69, 9.17) is 89.5 Å². The number of hydrogen-bond donors (Lipinski definition) is 6. The number of nitrogens with one attached hydrogen (secondary N) is 5. The van der Waals surface area contributed by atoms with Gasteiger partial charge in [0.1, 0.15) is 49.0 Å². The third-order valence-electron chi connectivity index (χ3n) is 10.0. The van der Waals surface area contributed by atoms with Gasteiger partial charge in [-0.2, -0.15) is 21.6 Å². The zero-order valence-electron chi connectivity index (χ0n) is 44.1. The number of halogens is 9. The fourth-order valence-corrected chi connectivity index (χ4v) is 9.96. The van der Waals surface area contributed by atoms with Gasteiger partial charge < -0.3 is 39.8 Å². The number of hydrogen-bond acceptors (Lipinski definition) is 18. The smallest absolute Gasteiger partial charge is 0.460 e. The summed E-state index contributed by atoms with van der Waals surface area (Å²) in [7, 11) is -8.10. The molecule has 34 heteroatoms. The number of amides is 5. The largest absolute Gasteiger partial charge is 0.522 e. The van der Waals surface area contributed by atoms with Crippen LogP contribution in [0.1, 0.15) is 78.9 Å². The first-order chi connectivity index (χ1) is 36.2. The second-order valence-corrected chi connectivity index (χ2v) is 30.9. The van der Waals surface area contributed by atoms with E-state index in [0.717, 1.165) is 5.56 Å². The van der Waals surface area contributed by atoms with Gasteiger partial charge in [0.2, 0.25) is 27.7 Å². The molecule has 0 unspecified atom stereocenters. The lowest BCUT2D eigenvalue weighted by Crippen LogP contribution is -2.60. The number of nitrogens with zero attached hydrogens (tertiary/aromatic N) is 4. The van der Waals surface area contributed by atoms with Gasteiger partial charge >= 0.3 is 33.7 Å². The third-order valence-corrected chi connectivity index (χ3v) is 14.1. The molecule has 4 heterocycles. The van der Waals surface area contributed by atoms with E-state index in [9.17, 15) is 55.2 Å². The summed E-state index contributed by atoms with van der Waals surface area (Å²) >= 11 is 33.6. The number of carbonyl (C=O) groups is 7. The first-order valence-corrected chi connectivity index (χ1v) is 31.0. The zero-order valence-corrected chi connectivity index (χ0v) is 50.5. The van der Waals surface area contributed by atoms with Crippen LogP contribution in [0.5, 0.6) is 0 Å². The molecule has 0 aromatic carbocycles. The van der Waals surface area contributed by atoms with Gasteiger partial charge in [0.15, 0.2) is 0 Å². The lowest BCUT2D eigenvalue weighted by Gasteiger charge is -2.34. The lowest BCUT2D eigenvalue weighted by molar-refractivity contribution is -0.154. The predicted molar refractivity (Wildman–Crippen MR) is 297 cm³/mol. The van der Waals surface area contributed by atoms with E-state index in [1.54, 1.807) is 70.7 Å². The number of alkyl carbamates (subject to hydrolysis) is 1. The fraction of sp³-hybridized carbons (Fsp3) is 0.630. The minimum Gasteiger partial charge on any atom is -0.460 e. The number of aromatic nitrogens is 2. The van der Waals surface area contributed by atoms with Crippen molar-refractivity contribution < 1.29 is 73.2 Å². The van der Waals surface area contributed by atoms with Crippen molar-refractivity contribution in [3.63, 3.8) is 0 Å². The highest BCUT2D eigenvalue weighted by atomic mass is 35.6. The van der Waals surface area contributed by atoms with Crippen LogP contribution in [0.3, 0.4) is 0 Å². The Bertz CT molecular complexity index is 2470. The van der Waals surface area contributed by atoms with Gasteiger partial charge in [-0.25, -0.2) is 15.6 Å². The van der Waals surface area contributed by atoms with Gasteiger partial charge in [0.05, 0.1) is 6.04 Å². The van der Waals surface area contributed by atoms with E-state index in [1.165, 1.54) is 36.6 Å². The number of esters is 2. The Morgan fingerprint density at radius 3 is 1.50 bits per heavy atom. The summed E-state index contributed by atoms with van der Waals surface area (Å²) in [6.07, 6.45) is 8.00. The molecule has 2 aromatic rings. The molecule has 5 amide bonds. The maximum atomic E-state index is 13.1. The quantitative estimate of drug-likeness (QED) is 0.0368. The van der Waals surface area contributed by atoms with Crippen LogP contribution in [-0.4, -0.2) is 160 Å². The van der Waals surface area contributed by atoms with Crippen molar-refractivity contribution >= 4 is 130 Å². The standard InChI is InChI=1S/C23H32Cl3N5O6.C18H24Cl3N5O4.C4H9F3O3SSi.CH4/c1-14(19(33)31-10-6-8-16(30-31)20(34)36-13-23(24,25)26)28-18(32)17(11-15-7-5-9-27-12-15)29-21(35)37-22(2,3)4;1-11(24-15(27)13(22)8-12-4-2-6-23-9-12)16(28)26-7-3-5-14(25-26)17(29)30-10-18(19,20)21;1-12(2,3)10-11(8,9)4(5,6)7;/h5,7,9,12,14,16-17,30H,6,8,10-11,13H2,1-4H3,(H,28,32)(H,29,35);2,4,6,9,11,13-14,25H,3,5,7-8,10,22H2,1H3,(H,24,27);1-3H3;1H4/t14-,16-,17-;11-,13-,14-;;/m00../s1. The summed E-state index contributed by atoms with van der Waals surface area (Å²) in [6, 6.07) is 1.77. The van der Waals surface area contributed by atoms with Gasteiger partial charge in [-0.05, 0) is 110 Å².